The molecule has 2 rings (SSSR count). The summed E-state index contributed by atoms with van der Waals surface area (Å²) in [5.41, 5.74) is 0. The molecule has 0 aromatic heterocycles. The number of carbonyl (C=O) groups excluding carboxylic acids is 1. The molecule has 1 aliphatic heterocycles. The first-order valence-electron chi connectivity index (χ1n) is 6.39. The quantitative estimate of drug-likeness (QED) is 0.906. The van der Waals surface area contributed by atoms with E-state index in [-0.39, 0.29) is 22.3 Å². The summed E-state index contributed by atoms with van der Waals surface area (Å²) < 4.78 is 40.9. The number of halogens is 2. The Kier molecular flexibility index (Phi) is 4.73. The minimum atomic E-state index is -3.06. The minimum Gasteiger partial charge on any atom is -0.479 e. The SMILES string of the molecule is CC(Oc1ccc(F)cc1Cl)C(=O)NC1CCS(=O)(=O)C1. The summed E-state index contributed by atoms with van der Waals surface area (Å²) in [5, 5.41) is 2.69. The van der Waals surface area contributed by atoms with E-state index in [2.05, 4.69) is 5.32 Å². The number of rotatable bonds is 4. The summed E-state index contributed by atoms with van der Waals surface area (Å²) in [6.45, 7) is 1.51. The van der Waals surface area contributed by atoms with Crippen molar-refractivity contribution in [1.29, 1.82) is 0 Å². The van der Waals surface area contributed by atoms with Crippen molar-refractivity contribution in [3.05, 3.63) is 29.0 Å². The number of sulfone groups is 1. The van der Waals surface area contributed by atoms with Crippen molar-refractivity contribution in [3.63, 3.8) is 0 Å². The molecule has 0 bridgehead atoms. The topological polar surface area (TPSA) is 72.5 Å². The van der Waals surface area contributed by atoms with Gasteiger partial charge in [-0.2, -0.15) is 0 Å². The smallest absolute Gasteiger partial charge is 0.261 e. The average molecular weight is 336 g/mol. The zero-order valence-corrected chi connectivity index (χ0v) is 12.9. The van der Waals surface area contributed by atoms with Crippen LogP contribution in [0, 0.1) is 5.82 Å². The van der Waals surface area contributed by atoms with E-state index in [1.54, 1.807) is 0 Å². The Morgan fingerprint density at radius 2 is 2.24 bits per heavy atom. The van der Waals surface area contributed by atoms with Crippen LogP contribution in [-0.4, -0.2) is 38.0 Å². The maximum atomic E-state index is 12.9. The molecule has 0 saturated carbocycles. The molecule has 1 heterocycles. The number of amides is 1. The standard InChI is InChI=1S/C13H15ClFNO4S/c1-8(20-12-3-2-9(15)6-11(12)14)13(17)16-10-4-5-21(18,19)7-10/h2-3,6,8,10H,4-5,7H2,1H3,(H,16,17). The highest BCUT2D eigenvalue weighted by Gasteiger charge is 2.30. The van der Waals surface area contributed by atoms with E-state index < -0.39 is 33.7 Å². The van der Waals surface area contributed by atoms with Crippen LogP contribution >= 0.6 is 11.6 Å². The van der Waals surface area contributed by atoms with E-state index in [9.17, 15) is 17.6 Å². The van der Waals surface area contributed by atoms with Gasteiger partial charge in [-0.05, 0) is 31.5 Å². The van der Waals surface area contributed by atoms with Crippen molar-refractivity contribution < 1.29 is 22.3 Å². The summed E-state index contributed by atoms with van der Waals surface area (Å²) in [7, 11) is -3.06. The Labute approximate surface area is 127 Å². The van der Waals surface area contributed by atoms with Crippen LogP contribution in [0.5, 0.6) is 5.75 Å². The molecule has 0 spiro atoms. The number of hydrogen-bond donors (Lipinski definition) is 1. The summed E-state index contributed by atoms with van der Waals surface area (Å²) in [4.78, 5) is 11.9. The van der Waals surface area contributed by atoms with Crippen molar-refractivity contribution >= 4 is 27.3 Å². The lowest BCUT2D eigenvalue weighted by Crippen LogP contribution is -2.43. The molecule has 1 saturated heterocycles. The van der Waals surface area contributed by atoms with Crippen LogP contribution in [0.1, 0.15) is 13.3 Å². The largest absolute Gasteiger partial charge is 0.479 e. The first-order chi connectivity index (χ1) is 9.77. The number of nitrogens with one attached hydrogen (secondary N) is 1. The van der Waals surface area contributed by atoms with E-state index >= 15 is 0 Å². The maximum absolute atomic E-state index is 12.9. The van der Waals surface area contributed by atoms with Gasteiger partial charge in [0.05, 0.1) is 16.5 Å². The van der Waals surface area contributed by atoms with Crippen molar-refractivity contribution in [2.75, 3.05) is 11.5 Å². The van der Waals surface area contributed by atoms with Gasteiger partial charge in [0.15, 0.2) is 15.9 Å². The third kappa shape index (κ3) is 4.31. The predicted molar refractivity (Wildman–Crippen MR) is 76.7 cm³/mol. The normalized spacial score (nSPS) is 21.8. The molecule has 8 heteroatoms. The van der Waals surface area contributed by atoms with Crippen LogP contribution in [0.3, 0.4) is 0 Å². The zero-order valence-electron chi connectivity index (χ0n) is 11.3. The lowest BCUT2D eigenvalue weighted by Gasteiger charge is -2.18. The van der Waals surface area contributed by atoms with Gasteiger partial charge in [0.1, 0.15) is 11.6 Å². The Balaban J connectivity index is 1.94. The summed E-state index contributed by atoms with van der Waals surface area (Å²) in [6, 6.07) is 3.21. The summed E-state index contributed by atoms with van der Waals surface area (Å²) >= 11 is 5.81. The third-order valence-corrected chi connectivity index (χ3v) is 5.21. The fourth-order valence-corrected chi connectivity index (χ4v) is 3.93. The Hall–Kier alpha value is -1.34. The Bertz CT molecular complexity index is 650. The highest BCUT2D eigenvalue weighted by atomic mass is 35.5. The van der Waals surface area contributed by atoms with Crippen LogP contribution in [0.2, 0.25) is 5.02 Å². The van der Waals surface area contributed by atoms with Crippen LogP contribution < -0.4 is 10.1 Å². The van der Waals surface area contributed by atoms with Gasteiger partial charge in [-0.1, -0.05) is 11.6 Å². The molecule has 1 aromatic carbocycles. The predicted octanol–water partition coefficient (Wildman–Crippen LogP) is 1.55. The van der Waals surface area contributed by atoms with Gasteiger partial charge < -0.3 is 10.1 Å². The van der Waals surface area contributed by atoms with Gasteiger partial charge in [0.2, 0.25) is 0 Å². The van der Waals surface area contributed by atoms with Crippen molar-refractivity contribution in [2.45, 2.75) is 25.5 Å². The number of carbonyl (C=O) groups is 1. The molecule has 0 aliphatic carbocycles. The number of hydrogen-bond acceptors (Lipinski definition) is 4. The number of ether oxygens (including phenoxy) is 1. The van der Waals surface area contributed by atoms with Crippen molar-refractivity contribution in [2.24, 2.45) is 0 Å². The minimum absolute atomic E-state index is 0.0528. The maximum Gasteiger partial charge on any atom is 0.261 e. The second kappa shape index (κ2) is 6.19. The Morgan fingerprint density at radius 3 is 2.81 bits per heavy atom. The molecule has 1 fully saturated rings. The fraction of sp³-hybridized carbons (Fsp3) is 0.462. The van der Waals surface area contributed by atoms with Crippen molar-refractivity contribution in [1.82, 2.24) is 5.32 Å². The lowest BCUT2D eigenvalue weighted by atomic mass is 10.2. The van der Waals surface area contributed by atoms with E-state index in [0.29, 0.717) is 6.42 Å². The summed E-state index contributed by atoms with van der Waals surface area (Å²) in [5.74, 6) is -0.711. The van der Waals surface area contributed by atoms with Gasteiger partial charge in [0.25, 0.3) is 5.91 Å². The first-order valence-corrected chi connectivity index (χ1v) is 8.59. The fourth-order valence-electron chi connectivity index (χ4n) is 2.04. The van der Waals surface area contributed by atoms with Crippen LogP contribution in [0.15, 0.2) is 18.2 Å². The number of benzene rings is 1. The molecule has 2 atom stereocenters. The summed E-state index contributed by atoms with van der Waals surface area (Å²) in [6.07, 6.45) is -0.464. The molecule has 1 amide bonds. The molecule has 1 aromatic rings. The molecular weight excluding hydrogens is 321 g/mol. The van der Waals surface area contributed by atoms with Crippen LogP contribution in [0.25, 0.3) is 0 Å². The molecule has 1 aliphatic rings. The second-order valence-electron chi connectivity index (χ2n) is 4.94. The monoisotopic (exact) mass is 335 g/mol. The molecule has 21 heavy (non-hydrogen) atoms. The Morgan fingerprint density at radius 1 is 1.52 bits per heavy atom. The van der Waals surface area contributed by atoms with Gasteiger partial charge in [-0.15, -0.1) is 0 Å². The van der Waals surface area contributed by atoms with Crippen LogP contribution in [-0.2, 0) is 14.6 Å². The first kappa shape index (κ1) is 16.0. The molecule has 5 nitrogen and oxygen atoms in total. The average Bonchev–Trinajstić information content (AvgIpc) is 2.72. The van der Waals surface area contributed by atoms with E-state index in [1.165, 1.54) is 19.1 Å². The van der Waals surface area contributed by atoms with Crippen LogP contribution in [0.4, 0.5) is 4.39 Å². The van der Waals surface area contributed by atoms with Gasteiger partial charge in [-0.25, -0.2) is 12.8 Å². The lowest BCUT2D eigenvalue weighted by molar-refractivity contribution is -0.127. The van der Waals surface area contributed by atoms with E-state index in [4.69, 9.17) is 16.3 Å². The van der Waals surface area contributed by atoms with Gasteiger partial charge in [-0.3, -0.25) is 4.79 Å². The van der Waals surface area contributed by atoms with E-state index in [1.807, 2.05) is 0 Å². The van der Waals surface area contributed by atoms with Gasteiger partial charge >= 0.3 is 0 Å². The molecule has 2 unspecified atom stereocenters. The third-order valence-electron chi connectivity index (χ3n) is 3.15. The second-order valence-corrected chi connectivity index (χ2v) is 7.58. The molecular formula is C13H15ClFNO4S. The van der Waals surface area contributed by atoms with Gasteiger partial charge in [0, 0.05) is 6.04 Å². The zero-order chi connectivity index (χ0) is 15.6. The van der Waals surface area contributed by atoms with E-state index in [0.717, 1.165) is 6.07 Å². The molecule has 116 valence electrons. The molecule has 0 radical (unpaired) electrons. The highest BCUT2D eigenvalue weighted by molar-refractivity contribution is 7.91. The molecule has 1 N–H and O–H groups in total. The van der Waals surface area contributed by atoms with Crippen molar-refractivity contribution in [3.8, 4) is 5.75 Å². The highest BCUT2D eigenvalue weighted by Crippen LogP contribution is 2.25.